The molecule has 0 bridgehead atoms. The molecule has 0 N–H and O–H groups in total. The van der Waals surface area contributed by atoms with E-state index in [1.165, 1.54) is 7.30 Å². The van der Waals surface area contributed by atoms with Crippen molar-refractivity contribution in [3.63, 3.8) is 0 Å². The molecule has 4 nitrogen and oxygen atoms in total. The summed E-state index contributed by atoms with van der Waals surface area (Å²) in [5, 5.41) is 4.03. The van der Waals surface area contributed by atoms with Crippen LogP contribution >= 0.6 is 22.9 Å². The third kappa shape index (κ3) is 1.04. The normalized spacial score (nSPS) is 10.8. The first-order chi connectivity index (χ1) is 5.68. The van der Waals surface area contributed by atoms with Crippen LogP contribution in [0.4, 0.5) is 0 Å². The quantitative estimate of drug-likeness (QED) is 0.673. The summed E-state index contributed by atoms with van der Waals surface area (Å²) in [5.41, 5.74) is 1.67. The third-order valence-electron chi connectivity index (χ3n) is 1.64. The van der Waals surface area contributed by atoms with Crippen molar-refractivity contribution >= 4 is 28.5 Å². The van der Waals surface area contributed by atoms with Crippen LogP contribution in [0.15, 0.2) is 23.1 Å². The van der Waals surface area contributed by atoms with E-state index in [1.807, 2.05) is 41.9 Å². The van der Waals surface area contributed by atoms with Gasteiger partial charge in [-0.1, -0.05) is 0 Å². The lowest BCUT2D eigenvalue weighted by molar-refractivity contribution is 0.994. The van der Waals surface area contributed by atoms with Gasteiger partial charge < -0.3 is 0 Å². The molecule has 0 aliphatic carbocycles. The van der Waals surface area contributed by atoms with E-state index in [0.29, 0.717) is 5.65 Å². The molecule has 0 saturated heterocycles. The van der Waals surface area contributed by atoms with E-state index in [-0.39, 0.29) is 5.69 Å². The zero-order valence-electron chi connectivity index (χ0n) is 6.36. The number of hydrogen-bond donors (Lipinski definition) is 0. The molecule has 0 unspecified atom stereocenters. The highest BCUT2D eigenvalue weighted by molar-refractivity contribution is 14.1. The summed E-state index contributed by atoms with van der Waals surface area (Å²) in [5.74, 6) is 0. The first kappa shape index (κ1) is 7.78. The van der Waals surface area contributed by atoms with E-state index in [2.05, 4.69) is 5.10 Å². The van der Waals surface area contributed by atoms with Crippen LogP contribution in [0.1, 0.15) is 5.56 Å². The highest BCUT2D eigenvalue weighted by atomic mass is 127. The molecule has 0 radical (unpaired) electrons. The summed E-state index contributed by atoms with van der Waals surface area (Å²) in [6.07, 6.45) is 1.73. The maximum absolute atomic E-state index is 11.3. The van der Waals surface area contributed by atoms with Crippen LogP contribution in [0.5, 0.6) is 0 Å². The van der Waals surface area contributed by atoms with Crippen molar-refractivity contribution in [3.8, 4) is 0 Å². The van der Waals surface area contributed by atoms with E-state index in [9.17, 15) is 4.79 Å². The van der Waals surface area contributed by atoms with Crippen LogP contribution in [0.3, 0.4) is 0 Å². The van der Waals surface area contributed by atoms with Gasteiger partial charge in [0.25, 0.3) is 0 Å². The molecule has 2 aromatic heterocycles. The van der Waals surface area contributed by atoms with Gasteiger partial charge in [0.15, 0.2) is 5.65 Å². The number of halogens is 1. The van der Waals surface area contributed by atoms with Crippen LogP contribution in [-0.4, -0.2) is 12.4 Å². The van der Waals surface area contributed by atoms with Crippen molar-refractivity contribution in [3.05, 3.63) is 34.4 Å². The fraction of sp³-hybridized carbons (Fsp3) is 0.143. The summed E-state index contributed by atoms with van der Waals surface area (Å²) in [7, 11) is 0. The van der Waals surface area contributed by atoms with Gasteiger partial charge in [0.2, 0.25) is 0 Å². The second kappa shape index (κ2) is 2.58. The largest absolute Gasteiger partial charge is 0.359 e. The summed E-state index contributed by atoms with van der Waals surface area (Å²) < 4.78 is 2.81. The molecule has 5 heteroatoms. The van der Waals surface area contributed by atoms with E-state index >= 15 is 0 Å². The number of aryl methyl sites for hydroxylation is 1. The van der Waals surface area contributed by atoms with Crippen LogP contribution in [0.2, 0.25) is 0 Å². The van der Waals surface area contributed by atoms with Gasteiger partial charge in [-0.2, -0.15) is 0 Å². The smallest absolute Gasteiger partial charge is 0.250 e. The zero-order valence-corrected chi connectivity index (χ0v) is 8.52. The van der Waals surface area contributed by atoms with Crippen molar-refractivity contribution in [1.82, 2.24) is 12.4 Å². The molecule has 0 spiro atoms. The Balaban J connectivity index is 2.97. The molecule has 62 valence electrons. The summed E-state index contributed by atoms with van der Waals surface area (Å²) in [4.78, 5) is 11.3. The molecule has 0 fully saturated rings. The number of nitrogens with zero attached hydrogens (tertiary/aromatic N) is 3. The Labute approximate surface area is 82.3 Å². The van der Waals surface area contributed by atoms with Crippen molar-refractivity contribution in [2.75, 3.05) is 0 Å². The van der Waals surface area contributed by atoms with E-state index in [0.717, 1.165) is 5.56 Å². The number of pyridine rings is 1. The van der Waals surface area contributed by atoms with Gasteiger partial charge in [-0.3, -0.25) is 0 Å². The first-order valence-corrected chi connectivity index (χ1v) is 4.39. The second-order valence-corrected chi connectivity index (χ2v) is 3.49. The Hall–Kier alpha value is -0.850. The van der Waals surface area contributed by atoms with Crippen LogP contribution < -0.4 is 5.69 Å². The third-order valence-corrected chi connectivity index (χ3v) is 2.27. The monoisotopic (exact) mass is 275 g/mol. The molecular formula is C7H6IN3O. The molecule has 0 saturated carbocycles. The number of aromatic nitrogens is 3. The lowest BCUT2D eigenvalue weighted by Gasteiger charge is -1.90. The van der Waals surface area contributed by atoms with Crippen LogP contribution in [0.25, 0.3) is 5.65 Å². The Morgan fingerprint density at radius 1 is 1.58 bits per heavy atom. The molecule has 2 heterocycles. The number of rotatable bonds is 0. The van der Waals surface area contributed by atoms with Gasteiger partial charge >= 0.3 is 5.69 Å². The summed E-state index contributed by atoms with van der Waals surface area (Å²) in [6, 6.07) is 3.75. The van der Waals surface area contributed by atoms with E-state index in [1.54, 1.807) is 6.20 Å². The molecular weight excluding hydrogens is 269 g/mol. The summed E-state index contributed by atoms with van der Waals surface area (Å²) in [6.45, 7) is 1.97. The maximum atomic E-state index is 11.3. The minimum atomic E-state index is -0.120. The number of hydrogen-bond acceptors (Lipinski definition) is 2. The average Bonchev–Trinajstić information content (AvgIpc) is 2.28. The molecule has 0 atom stereocenters. The van der Waals surface area contributed by atoms with Gasteiger partial charge in [0.1, 0.15) is 0 Å². The van der Waals surface area contributed by atoms with Crippen molar-refractivity contribution < 1.29 is 0 Å². The van der Waals surface area contributed by atoms with Gasteiger partial charge in [-0.15, -0.1) is 7.99 Å². The van der Waals surface area contributed by atoms with Crippen molar-refractivity contribution in [1.29, 1.82) is 0 Å². The lowest BCUT2D eigenvalue weighted by Crippen LogP contribution is -2.13. The molecule has 0 aliphatic heterocycles. The van der Waals surface area contributed by atoms with Gasteiger partial charge in [-0.25, -0.2) is 9.20 Å². The van der Waals surface area contributed by atoms with E-state index < -0.39 is 0 Å². The highest BCUT2D eigenvalue weighted by Crippen LogP contribution is 2.01. The van der Waals surface area contributed by atoms with Crippen LogP contribution in [-0.2, 0) is 0 Å². The topological polar surface area (TPSA) is 39.3 Å². The molecule has 12 heavy (non-hydrogen) atoms. The Bertz CT molecular complexity index is 485. The fourth-order valence-corrected chi connectivity index (χ4v) is 1.50. The van der Waals surface area contributed by atoms with Crippen molar-refractivity contribution in [2.45, 2.75) is 6.92 Å². The first-order valence-electron chi connectivity index (χ1n) is 3.43. The Kier molecular flexibility index (Phi) is 1.67. The standard InChI is InChI=1S/C7H6IN3O/c1-5-2-3-10-6(4-5)9-11(8)7(10)12/h2-4H,1H3. The predicted molar refractivity (Wildman–Crippen MR) is 53.6 cm³/mol. The Morgan fingerprint density at radius 3 is 3.08 bits per heavy atom. The van der Waals surface area contributed by atoms with Crippen LogP contribution in [0, 0.1) is 6.92 Å². The maximum Gasteiger partial charge on any atom is 0.359 e. The zero-order chi connectivity index (χ0) is 8.72. The van der Waals surface area contributed by atoms with Crippen molar-refractivity contribution in [2.24, 2.45) is 0 Å². The van der Waals surface area contributed by atoms with E-state index in [4.69, 9.17) is 0 Å². The van der Waals surface area contributed by atoms with Gasteiger partial charge in [0, 0.05) is 6.20 Å². The SMILES string of the molecule is Cc1ccn2c(=O)n(I)nc2c1. The van der Waals surface area contributed by atoms with Gasteiger partial charge in [0.05, 0.1) is 22.9 Å². The minimum Gasteiger partial charge on any atom is -0.250 e. The highest BCUT2D eigenvalue weighted by Gasteiger charge is 2.02. The Morgan fingerprint density at radius 2 is 2.33 bits per heavy atom. The lowest BCUT2D eigenvalue weighted by atomic mass is 10.3. The predicted octanol–water partition coefficient (Wildman–Crippen LogP) is 1.00. The molecule has 0 aliphatic rings. The molecule has 2 aromatic rings. The number of fused-ring (bicyclic) bond motifs is 1. The second-order valence-electron chi connectivity index (χ2n) is 2.57. The molecule has 0 aromatic carbocycles. The van der Waals surface area contributed by atoms with Gasteiger partial charge in [-0.05, 0) is 24.6 Å². The molecule has 2 rings (SSSR count). The average molecular weight is 275 g/mol. The summed E-state index contributed by atoms with van der Waals surface area (Å²) >= 11 is 1.86. The minimum absolute atomic E-state index is 0.120. The fourth-order valence-electron chi connectivity index (χ4n) is 1.05. The molecule has 0 amide bonds.